The first-order valence-electron chi connectivity index (χ1n) is 1.10. The average Bonchev–Trinajstić information content (AvgIpc) is 1.27. The van der Waals surface area contributed by atoms with Gasteiger partial charge in [0.15, 0.2) is 0 Å². The molecule has 0 amide bonds. The number of hydrogen-bond donors (Lipinski definition) is 0. The van der Waals surface area contributed by atoms with Crippen LogP contribution < -0.4 is 0 Å². The first kappa shape index (κ1) is 15.7. The summed E-state index contributed by atoms with van der Waals surface area (Å²) in [6.07, 6.45) is 0. The van der Waals surface area contributed by atoms with E-state index in [9.17, 15) is 0 Å². The van der Waals surface area contributed by atoms with E-state index in [4.69, 9.17) is 20.2 Å². The molecule has 0 aromatic rings. The maximum absolute atomic E-state index is 8.95. The van der Waals surface area contributed by atoms with Crippen LogP contribution in [0.4, 0.5) is 0 Å². The van der Waals surface area contributed by atoms with Crippen molar-refractivity contribution in [3.63, 3.8) is 0 Å². The van der Waals surface area contributed by atoms with Crippen molar-refractivity contribution >= 4 is 11.0 Å². The average molecular weight is 148 g/mol. The number of nitrogens with zero attached hydrogens (tertiary/aromatic N) is 2. The summed E-state index contributed by atoms with van der Waals surface area (Å²) in [5.74, 6) is 0. The second-order valence-electron chi connectivity index (χ2n) is 0.529. The highest BCUT2D eigenvalue weighted by molar-refractivity contribution is 5.75. The molecule has 8 heteroatoms. The van der Waals surface area contributed by atoms with Gasteiger partial charge in [-0.05, 0) is 0 Å². The molecular weight excluding hydrogens is 148 g/mol. The van der Waals surface area contributed by atoms with Crippen LogP contribution in [0.1, 0.15) is 0 Å². The Morgan fingerprint density at radius 1 is 1.11 bits per heavy atom. The molecule has 0 aliphatic carbocycles. The first-order valence-corrected chi connectivity index (χ1v) is 1.10. The third-order valence-electron chi connectivity index (χ3n) is 0.133. The van der Waals surface area contributed by atoms with Crippen LogP contribution in [-0.2, 0) is 4.94 Å². The van der Waals surface area contributed by atoms with Gasteiger partial charge in [0.1, 0.15) is 0 Å². The Kier molecular flexibility index (Phi) is 11.9. The zero-order chi connectivity index (χ0) is 5.86. The molecule has 0 aromatic carbocycles. The maximum atomic E-state index is 8.95. The highest BCUT2D eigenvalue weighted by atomic mass is 28.1. The van der Waals surface area contributed by atoms with Gasteiger partial charge in [-0.1, -0.05) is 0 Å². The fraction of sp³-hybridized carbons (Fsp3) is 0. The number of hydrogen-bond acceptors (Lipinski definition) is 5. The minimum absolute atomic E-state index is 0. The monoisotopic (exact) mass is 148 g/mol. The predicted octanol–water partition coefficient (Wildman–Crippen LogP) is -0.913. The molecule has 0 saturated carbocycles. The van der Waals surface area contributed by atoms with Crippen LogP contribution >= 0.6 is 0 Å². The summed E-state index contributed by atoms with van der Waals surface area (Å²) in [5, 5.41) is 14.9. The van der Waals surface area contributed by atoms with E-state index in [2.05, 4.69) is 4.94 Å². The number of rotatable bonds is 2. The van der Waals surface area contributed by atoms with E-state index in [1.54, 1.807) is 0 Å². The minimum atomic E-state index is -1.50. The molecule has 0 spiro atoms. The van der Waals surface area contributed by atoms with E-state index >= 15 is 0 Å². The molecule has 8 radical (unpaired) electrons. The van der Waals surface area contributed by atoms with Gasteiger partial charge in [0.2, 0.25) is 0 Å². The molecule has 48 valence electrons. The summed E-state index contributed by atoms with van der Waals surface area (Å²) >= 11 is 0. The lowest BCUT2D eigenvalue weighted by Gasteiger charge is -1.71. The molecule has 7 nitrogen and oxygen atoms in total. The molecule has 0 heterocycles. The van der Waals surface area contributed by atoms with Gasteiger partial charge in [-0.25, -0.2) is 0 Å². The Hall–Kier alpha value is -1.18. The molecule has 9 heavy (non-hydrogen) atoms. The SMILES string of the molecule is O=[N+]([O-])O[N+](=O)[O-].[C].[Si]. The summed E-state index contributed by atoms with van der Waals surface area (Å²) in [4.78, 5) is 20.6. The normalized spacial score (nSPS) is 5.78. The zero-order valence-corrected chi connectivity index (χ0v) is 4.94. The van der Waals surface area contributed by atoms with Gasteiger partial charge in [-0.3, -0.25) is 0 Å². The van der Waals surface area contributed by atoms with Gasteiger partial charge in [0.05, 0.1) is 0 Å². The fourth-order valence-electron chi connectivity index (χ4n) is 0.0544. The fourth-order valence-corrected chi connectivity index (χ4v) is 0.0544. The van der Waals surface area contributed by atoms with Crippen molar-refractivity contribution in [3.8, 4) is 0 Å². The van der Waals surface area contributed by atoms with Crippen molar-refractivity contribution in [2.45, 2.75) is 0 Å². The highest BCUT2D eigenvalue weighted by Gasteiger charge is 2.05. The van der Waals surface area contributed by atoms with Crippen LogP contribution in [0, 0.1) is 27.7 Å². The molecule has 0 atom stereocenters. The van der Waals surface area contributed by atoms with E-state index in [0.717, 1.165) is 0 Å². The van der Waals surface area contributed by atoms with Crippen molar-refractivity contribution in [2.75, 3.05) is 0 Å². The van der Waals surface area contributed by atoms with Crippen LogP contribution in [0.25, 0.3) is 0 Å². The van der Waals surface area contributed by atoms with Crippen LogP contribution in [0.3, 0.4) is 0 Å². The van der Waals surface area contributed by atoms with Crippen molar-refractivity contribution in [3.05, 3.63) is 27.7 Å². The van der Waals surface area contributed by atoms with E-state index < -0.39 is 10.2 Å². The Morgan fingerprint density at radius 3 is 1.33 bits per heavy atom. The molecule has 0 bridgehead atoms. The molecule has 0 aliphatic rings. The van der Waals surface area contributed by atoms with E-state index in [1.807, 2.05) is 0 Å². The standard InChI is InChI=1S/C.N2O5.Si/c;3-1(4)7-2(5)6;. The van der Waals surface area contributed by atoms with E-state index in [-0.39, 0.29) is 18.4 Å². The Balaban J connectivity index is -0.000000180. The smallest absolute Gasteiger partial charge is 0.105 e. The zero-order valence-electron chi connectivity index (χ0n) is 3.94. The van der Waals surface area contributed by atoms with Gasteiger partial charge >= 0.3 is 10.2 Å². The van der Waals surface area contributed by atoms with Gasteiger partial charge < -0.3 is 0 Å². The summed E-state index contributed by atoms with van der Waals surface area (Å²) in [6.45, 7) is 0. The van der Waals surface area contributed by atoms with Gasteiger partial charge in [0.25, 0.3) is 0 Å². The largest absolute Gasteiger partial charge is 0.356 e. The molecule has 0 rings (SSSR count). The molecule has 0 N–H and O–H groups in total. The second kappa shape index (κ2) is 6.82. The van der Waals surface area contributed by atoms with Crippen molar-refractivity contribution in [2.24, 2.45) is 0 Å². The second-order valence-corrected chi connectivity index (χ2v) is 0.529. The summed E-state index contributed by atoms with van der Waals surface area (Å²) in [7, 11) is 0. The lowest BCUT2D eigenvalue weighted by atomic mass is 12.0. The molecule has 0 aliphatic heterocycles. The minimum Gasteiger partial charge on any atom is -0.105 e. The molecule has 0 saturated heterocycles. The van der Waals surface area contributed by atoms with Crippen LogP contribution in [0.2, 0.25) is 0 Å². The topological polar surface area (TPSA) is 95.5 Å². The van der Waals surface area contributed by atoms with Crippen molar-refractivity contribution < 1.29 is 15.1 Å². The Morgan fingerprint density at radius 2 is 1.33 bits per heavy atom. The third kappa shape index (κ3) is 19.9. The van der Waals surface area contributed by atoms with E-state index in [1.165, 1.54) is 0 Å². The summed E-state index contributed by atoms with van der Waals surface area (Å²) in [6, 6.07) is 0. The van der Waals surface area contributed by atoms with Crippen LogP contribution in [0.15, 0.2) is 0 Å². The molecule has 0 unspecified atom stereocenters. The van der Waals surface area contributed by atoms with Crippen molar-refractivity contribution in [1.29, 1.82) is 0 Å². The molecule has 0 aromatic heterocycles. The Bertz CT molecular complexity index is 91.1. The quantitative estimate of drug-likeness (QED) is 0.287. The Labute approximate surface area is 54.8 Å². The molecular formula is CN2O5Si. The van der Waals surface area contributed by atoms with Crippen molar-refractivity contribution in [1.82, 2.24) is 0 Å². The third-order valence-corrected chi connectivity index (χ3v) is 0.133. The van der Waals surface area contributed by atoms with Gasteiger partial charge in [-0.2, -0.15) is 0 Å². The first-order chi connectivity index (χ1) is 3.13. The lowest BCUT2D eigenvalue weighted by molar-refractivity contribution is -1.03. The predicted molar refractivity (Wildman–Crippen MR) is 24.1 cm³/mol. The summed E-state index contributed by atoms with van der Waals surface area (Å²) in [5.41, 5.74) is 0. The highest BCUT2D eigenvalue weighted by Crippen LogP contribution is 1.70. The lowest BCUT2D eigenvalue weighted by Crippen LogP contribution is -2.06. The maximum Gasteiger partial charge on any atom is 0.356 e. The van der Waals surface area contributed by atoms with Crippen LogP contribution in [0.5, 0.6) is 0 Å². The van der Waals surface area contributed by atoms with Gasteiger partial charge in [-0.15, -0.1) is 20.2 Å². The van der Waals surface area contributed by atoms with E-state index in [0.29, 0.717) is 0 Å². The molecule has 0 fully saturated rings. The van der Waals surface area contributed by atoms with Gasteiger partial charge in [0, 0.05) is 23.3 Å². The van der Waals surface area contributed by atoms with Crippen LogP contribution in [-0.4, -0.2) is 21.1 Å². The summed E-state index contributed by atoms with van der Waals surface area (Å²) < 4.78 is 0.